The number of hydrogen-bond donors (Lipinski definition) is 2. The maximum atomic E-state index is 9.83. The molecule has 0 radical (unpaired) electrons. The van der Waals surface area contributed by atoms with Crippen molar-refractivity contribution in [1.82, 2.24) is 0 Å². The highest BCUT2D eigenvalue weighted by Crippen LogP contribution is 2.44. The molecule has 0 bridgehead atoms. The Kier molecular flexibility index (Phi) is 7.47. The Balaban J connectivity index is 0.000000491. The molecule has 0 spiro atoms. The highest BCUT2D eigenvalue weighted by Gasteiger charge is 2.21. The fourth-order valence-corrected chi connectivity index (χ4v) is 2.97. The molecule has 2 N–H and O–H groups in total. The lowest BCUT2D eigenvalue weighted by molar-refractivity contribution is -0.134. The second-order valence-corrected chi connectivity index (χ2v) is 6.27. The molecule has 2 rings (SSSR count). The summed E-state index contributed by atoms with van der Waals surface area (Å²) in [6, 6.07) is 17.5. The number of rotatable bonds is 3. The summed E-state index contributed by atoms with van der Waals surface area (Å²) in [6.07, 6.45) is 0. The summed E-state index contributed by atoms with van der Waals surface area (Å²) in [5, 5.41) is 17.2. The fourth-order valence-electron chi connectivity index (χ4n) is 1.68. The summed E-state index contributed by atoms with van der Waals surface area (Å²) in [5.41, 5.74) is 2.07. The highest BCUT2D eigenvalue weighted by molar-refractivity contribution is 9.12. The van der Waals surface area contributed by atoms with Crippen molar-refractivity contribution in [3.8, 4) is 5.75 Å². The maximum absolute atomic E-state index is 9.83. The van der Waals surface area contributed by atoms with Crippen LogP contribution in [0.1, 0.15) is 27.7 Å². The molecule has 0 aliphatic heterocycles. The van der Waals surface area contributed by atoms with Gasteiger partial charge in [0.05, 0.1) is 9.65 Å². The van der Waals surface area contributed by atoms with E-state index in [0.717, 1.165) is 12.5 Å². The molecule has 2 atom stereocenters. The van der Waals surface area contributed by atoms with Crippen molar-refractivity contribution >= 4 is 37.8 Å². The Labute approximate surface area is 140 Å². The zero-order chi connectivity index (χ0) is 15.8. The van der Waals surface area contributed by atoms with E-state index in [1.165, 1.54) is 5.56 Å². The van der Waals surface area contributed by atoms with Crippen molar-refractivity contribution in [2.24, 2.45) is 0 Å². The molecular formula is C16H16Br2O3. The van der Waals surface area contributed by atoms with Gasteiger partial charge < -0.3 is 10.2 Å². The summed E-state index contributed by atoms with van der Waals surface area (Å²) >= 11 is 7.30. The second kappa shape index (κ2) is 8.85. The number of hydrogen-bond acceptors (Lipinski definition) is 2. The molecule has 0 amide bonds. The molecule has 0 aliphatic rings. The lowest BCUT2D eigenvalue weighted by Crippen LogP contribution is -1.99. The maximum Gasteiger partial charge on any atom is 0.300 e. The second-order valence-electron chi connectivity index (χ2n) is 4.29. The van der Waals surface area contributed by atoms with Crippen LogP contribution in [0.5, 0.6) is 5.75 Å². The minimum atomic E-state index is -0.833. The Bertz CT molecular complexity index is 569. The van der Waals surface area contributed by atoms with E-state index in [4.69, 9.17) is 9.90 Å². The number of benzene rings is 2. The molecule has 0 aliphatic carbocycles. The number of carboxylic acids is 1. The van der Waals surface area contributed by atoms with Gasteiger partial charge in [-0.25, -0.2) is 0 Å². The molecule has 112 valence electrons. The average Bonchev–Trinajstić information content (AvgIpc) is 2.46. The molecule has 2 unspecified atom stereocenters. The first-order chi connectivity index (χ1) is 9.93. The number of phenols is 1. The van der Waals surface area contributed by atoms with E-state index in [-0.39, 0.29) is 9.65 Å². The van der Waals surface area contributed by atoms with Gasteiger partial charge in [0.2, 0.25) is 0 Å². The Morgan fingerprint density at radius 3 is 1.95 bits per heavy atom. The minimum Gasteiger partial charge on any atom is -0.508 e. The Hall–Kier alpha value is -1.33. The van der Waals surface area contributed by atoms with Gasteiger partial charge in [-0.2, -0.15) is 0 Å². The van der Waals surface area contributed by atoms with Crippen LogP contribution in [0.4, 0.5) is 0 Å². The van der Waals surface area contributed by atoms with Gasteiger partial charge in [-0.15, -0.1) is 0 Å². The lowest BCUT2D eigenvalue weighted by atomic mass is 10.0. The van der Waals surface area contributed by atoms with Crippen LogP contribution < -0.4 is 0 Å². The van der Waals surface area contributed by atoms with E-state index in [9.17, 15) is 5.11 Å². The van der Waals surface area contributed by atoms with Crippen LogP contribution in [0.2, 0.25) is 0 Å². The van der Waals surface area contributed by atoms with Crippen molar-refractivity contribution in [3.63, 3.8) is 0 Å². The third-order valence-electron chi connectivity index (χ3n) is 2.61. The number of para-hydroxylation sites is 1. The minimum absolute atomic E-state index is 0.0334. The van der Waals surface area contributed by atoms with Crippen LogP contribution in [0.25, 0.3) is 0 Å². The third kappa shape index (κ3) is 5.89. The number of alkyl halides is 2. The lowest BCUT2D eigenvalue weighted by Gasteiger charge is -2.18. The first-order valence-electron chi connectivity index (χ1n) is 6.24. The van der Waals surface area contributed by atoms with Crippen molar-refractivity contribution < 1.29 is 15.0 Å². The molecule has 0 fully saturated rings. The monoisotopic (exact) mass is 414 g/mol. The van der Waals surface area contributed by atoms with E-state index in [1.54, 1.807) is 6.07 Å². The normalized spacial score (nSPS) is 12.7. The van der Waals surface area contributed by atoms with E-state index in [0.29, 0.717) is 5.75 Å². The molecule has 2 aromatic carbocycles. The van der Waals surface area contributed by atoms with Crippen LogP contribution in [-0.4, -0.2) is 16.2 Å². The van der Waals surface area contributed by atoms with Gasteiger partial charge in [-0.05, 0) is 11.6 Å². The van der Waals surface area contributed by atoms with Crippen LogP contribution in [0, 0.1) is 0 Å². The average molecular weight is 416 g/mol. The Morgan fingerprint density at radius 2 is 1.43 bits per heavy atom. The zero-order valence-electron chi connectivity index (χ0n) is 11.4. The number of aromatic hydroxyl groups is 1. The van der Waals surface area contributed by atoms with Crippen molar-refractivity contribution in [3.05, 3.63) is 65.7 Å². The van der Waals surface area contributed by atoms with Gasteiger partial charge in [0.1, 0.15) is 5.75 Å². The van der Waals surface area contributed by atoms with Crippen molar-refractivity contribution in [2.75, 3.05) is 0 Å². The molecule has 2 aromatic rings. The van der Waals surface area contributed by atoms with Crippen LogP contribution in [-0.2, 0) is 4.79 Å². The topological polar surface area (TPSA) is 57.5 Å². The van der Waals surface area contributed by atoms with Crippen LogP contribution >= 0.6 is 31.9 Å². The van der Waals surface area contributed by atoms with E-state index >= 15 is 0 Å². The van der Waals surface area contributed by atoms with Crippen LogP contribution in [0.3, 0.4) is 0 Å². The first kappa shape index (κ1) is 17.7. The summed E-state index contributed by atoms with van der Waals surface area (Å²) in [6.45, 7) is 1.08. The summed E-state index contributed by atoms with van der Waals surface area (Å²) in [5.74, 6) is -0.519. The standard InChI is InChI=1S/C14H12Br2O.C2H4O2/c15-13(10-6-2-1-3-7-10)14(16)11-8-4-5-9-12(11)17;1-2(3)4/h1-9,13-14,17H;1H3,(H,3,4). The predicted molar refractivity (Wildman–Crippen MR) is 91.2 cm³/mol. The van der Waals surface area contributed by atoms with Gasteiger partial charge in [-0.1, -0.05) is 80.4 Å². The summed E-state index contributed by atoms with van der Waals surface area (Å²) in [7, 11) is 0. The molecule has 5 heteroatoms. The van der Waals surface area contributed by atoms with Gasteiger partial charge in [0.15, 0.2) is 0 Å². The molecule has 0 heterocycles. The van der Waals surface area contributed by atoms with Gasteiger partial charge in [0.25, 0.3) is 5.97 Å². The zero-order valence-corrected chi connectivity index (χ0v) is 14.6. The van der Waals surface area contributed by atoms with E-state index in [1.807, 2.05) is 36.4 Å². The fraction of sp³-hybridized carbons (Fsp3) is 0.188. The highest BCUT2D eigenvalue weighted by atomic mass is 79.9. The Morgan fingerprint density at radius 1 is 0.952 bits per heavy atom. The van der Waals surface area contributed by atoms with Crippen LogP contribution in [0.15, 0.2) is 54.6 Å². The molecule has 0 saturated heterocycles. The molecular weight excluding hydrogens is 400 g/mol. The predicted octanol–water partition coefficient (Wildman–Crippen LogP) is 5.06. The molecule has 0 saturated carbocycles. The molecule has 21 heavy (non-hydrogen) atoms. The molecule has 3 nitrogen and oxygen atoms in total. The summed E-state index contributed by atoms with van der Waals surface area (Å²) < 4.78 is 0. The van der Waals surface area contributed by atoms with Gasteiger partial charge in [-0.3, -0.25) is 4.79 Å². The van der Waals surface area contributed by atoms with E-state index in [2.05, 4.69) is 44.0 Å². The quantitative estimate of drug-likeness (QED) is 0.689. The smallest absolute Gasteiger partial charge is 0.300 e. The first-order valence-corrected chi connectivity index (χ1v) is 8.07. The number of aliphatic carboxylic acids is 1. The third-order valence-corrected chi connectivity index (χ3v) is 5.40. The SMILES string of the molecule is CC(=O)O.Oc1ccccc1C(Br)C(Br)c1ccccc1. The number of carboxylic acid groups (broad SMARTS) is 1. The number of carbonyl (C=O) groups is 1. The largest absolute Gasteiger partial charge is 0.508 e. The van der Waals surface area contributed by atoms with Gasteiger partial charge in [0, 0.05) is 12.5 Å². The number of phenolic OH excluding ortho intramolecular Hbond substituents is 1. The molecule has 0 aromatic heterocycles. The van der Waals surface area contributed by atoms with Gasteiger partial charge >= 0.3 is 0 Å². The van der Waals surface area contributed by atoms with Crippen molar-refractivity contribution in [1.29, 1.82) is 0 Å². The summed E-state index contributed by atoms with van der Waals surface area (Å²) in [4.78, 5) is 9.16. The van der Waals surface area contributed by atoms with Crippen molar-refractivity contribution in [2.45, 2.75) is 16.6 Å². The number of halogens is 2. The van der Waals surface area contributed by atoms with E-state index < -0.39 is 5.97 Å².